The quantitative estimate of drug-likeness (QED) is 0.344. The van der Waals surface area contributed by atoms with Crippen molar-refractivity contribution in [1.29, 1.82) is 0 Å². The van der Waals surface area contributed by atoms with Crippen LogP contribution in [0, 0.1) is 12.3 Å². The number of aromatic nitrogens is 1. The zero-order chi connectivity index (χ0) is 18.3. The van der Waals surface area contributed by atoms with Gasteiger partial charge >= 0.3 is 0 Å². The molecule has 0 aliphatic rings. The van der Waals surface area contributed by atoms with Crippen LogP contribution in [-0.4, -0.2) is 37.4 Å². The molecule has 0 aliphatic heterocycles. The molecule has 0 atom stereocenters. The van der Waals surface area contributed by atoms with Gasteiger partial charge in [0.15, 0.2) is 16.4 Å². The summed E-state index contributed by atoms with van der Waals surface area (Å²) in [5, 5.41) is 8.54. The first-order chi connectivity index (χ1) is 11.9. The lowest BCUT2D eigenvalue weighted by Crippen LogP contribution is -2.18. The van der Waals surface area contributed by atoms with Crippen LogP contribution in [0.1, 0.15) is 11.9 Å². The van der Waals surface area contributed by atoms with Crippen LogP contribution in [0.4, 0.5) is 5.69 Å². The average molecular weight is 377 g/mol. The van der Waals surface area contributed by atoms with E-state index in [0.29, 0.717) is 10.7 Å². The van der Waals surface area contributed by atoms with Crippen LogP contribution in [0.2, 0.25) is 0 Å². The molecule has 0 unspecified atom stereocenters. The molecule has 0 fully saturated rings. The second-order valence-corrected chi connectivity index (χ2v) is 7.70. The molecule has 1 aromatic carbocycles. The highest BCUT2D eigenvalue weighted by molar-refractivity contribution is 7.92. The third-order valence-corrected chi connectivity index (χ3v) is 5.33. The molecule has 0 saturated carbocycles. The maximum absolute atomic E-state index is 12.6. The van der Waals surface area contributed by atoms with E-state index in [1.54, 1.807) is 11.6 Å². The van der Waals surface area contributed by atoms with E-state index < -0.39 is 9.84 Å². The van der Waals surface area contributed by atoms with E-state index >= 15 is 0 Å². The molecular weight excluding hydrogens is 362 g/mol. The second-order valence-electron chi connectivity index (χ2n) is 4.82. The number of sulfone groups is 1. The topological polar surface area (TPSA) is 97.7 Å². The summed E-state index contributed by atoms with van der Waals surface area (Å²) in [5.74, 6) is 1.63. The van der Waals surface area contributed by atoms with Gasteiger partial charge in [-0.05, 0) is 24.3 Å². The van der Waals surface area contributed by atoms with Crippen molar-refractivity contribution < 1.29 is 18.0 Å². The van der Waals surface area contributed by atoms with E-state index in [-0.39, 0.29) is 28.9 Å². The predicted octanol–water partition coefficient (Wildman–Crippen LogP) is 1.93. The highest BCUT2D eigenvalue weighted by Gasteiger charge is 2.21. The zero-order valence-electron chi connectivity index (χ0n) is 13.3. The highest BCUT2D eigenvalue weighted by atomic mass is 32.2. The molecule has 2 aromatic rings. The number of amides is 1. The summed E-state index contributed by atoms with van der Waals surface area (Å²) in [5.41, 5.74) is 0.689. The minimum atomic E-state index is -3.68. The van der Waals surface area contributed by atoms with Crippen molar-refractivity contribution in [1.82, 2.24) is 4.98 Å². The fourth-order valence-corrected chi connectivity index (χ4v) is 3.83. The summed E-state index contributed by atoms with van der Waals surface area (Å²) in [6, 6.07) is 5.87. The van der Waals surface area contributed by atoms with Crippen LogP contribution in [0.25, 0.3) is 0 Å². The van der Waals surface area contributed by atoms with E-state index in [4.69, 9.17) is 11.3 Å². The number of hydrogen-bond donors (Lipinski definition) is 1. The van der Waals surface area contributed by atoms with Crippen LogP contribution in [0.5, 0.6) is 0 Å². The summed E-state index contributed by atoms with van der Waals surface area (Å²) in [6.45, 7) is 1.30. The molecule has 0 aliphatic carbocycles. The van der Waals surface area contributed by atoms with E-state index in [1.807, 2.05) is 0 Å². The first-order valence-electron chi connectivity index (χ1n) is 7.05. The number of carbonyl (C=O) groups excluding carboxylic acids is 1. The molecule has 0 bridgehead atoms. The van der Waals surface area contributed by atoms with Gasteiger partial charge in [0, 0.05) is 24.2 Å². The van der Waals surface area contributed by atoms with Gasteiger partial charge in [-0.25, -0.2) is 13.4 Å². The molecule has 25 heavy (non-hydrogen) atoms. The van der Waals surface area contributed by atoms with Gasteiger partial charge in [0.2, 0.25) is 5.91 Å². The number of carbonyl (C=O) groups is 1. The first kappa shape index (κ1) is 18.6. The third-order valence-electron chi connectivity index (χ3n) is 2.86. The molecule has 2 rings (SSSR count). The van der Waals surface area contributed by atoms with Gasteiger partial charge in [-0.3, -0.25) is 4.79 Å². The number of terminal acetylenes is 1. The Bertz CT molecular complexity index is 896. The summed E-state index contributed by atoms with van der Waals surface area (Å²) < 4.78 is 25.2. The van der Waals surface area contributed by atoms with Crippen molar-refractivity contribution in [3.63, 3.8) is 0 Å². The van der Waals surface area contributed by atoms with Gasteiger partial charge in [0.05, 0.1) is 4.90 Å². The Labute approximate surface area is 149 Å². The Kier molecular flexibility index (Phi) is 6.27. The summed E-state index contributed by atoms with van der Waals surface area (Å²) in [4.78, 5) is 20.1. The van der Waals surface area contributed by atoms with Crippen LogP contribution >= 0.6 is 11.3 Å². The minimum absolute atomic E-state index is 0.0691. The Morgan fingerprint density at radius 2 is 2.12 bits per heavy atom. The van der Waals surface area contributed by atoms with Crippen molar-refractivity contribution in [2.45, 2.75) is 11.8 Å². The monoisotopic (exact) mass is 377 g/mol. The molecule has 0 spiro atoms. The number of anilines is 1. The van der Waals surface area contributed by atoms with Crippen molar-refractivity contribution in [2.24, 2.45) is 5.16 Å². The fourth-order valence-electron chi connectivity index (χ4n) is 1.85. The molecule has 1 N–H and O–H groups in total. The largest absolute Gasteiger partial charge is 0.382 e. The van der Waals surface area contributed by atoms with E-state index in [0.717, 1.165) is 0 Å². The SMILES string of the molecule is C#CCO/N=C(/CS(=O)(=O)c1ccc(NC(C)=O)cc1)c1nccs1. The van der Waals surface area contributed by atoms with Crippen LogP contribution < -0.4 is 5.32 Å². The number of oxime groups is 1. The average Bonchev–Trinajstić information content (AvgIpc) is 3.08. The molecule has 9 heteroatoms. The third kappa shape index (κ3) is 5.41. The zero-order valence-corrected chi connectivity index (χ0v) is 14.9. The number of benzene rings is 1. The lowest BCUT2D eigenvalue weighted by molar-refractivity contribution is -0.114. The maximum atomic E-state index is 12.6. The van der Waals surface area contributed by atoms with Gasteiger partial charge in [-0.1, -0.05) is 11.1 Å². The van der Waals surface area contributed by atoms with Crippen molar-refractivity contribution in [3.05, 3.63) is 40.8 Å². The Morgan fingerprint density at radius 1 is 1.40 bits per heavy atom. The smallest absolute Gasteiger partial charge is 0.221 e. The minimum Gasteiger partial charge on any atom is -0.382 e. The summed E-state index contributed by atoms with van der Waals surface area (Å²) in [6.07, 6.45) is 6.64. The first-order valence-corrected chi connectivity index (χ1v) is 9.58. The molecule has 1 amide bonds. The molecule has 0 radical (unpaired) electrons. The van der Waals surface area contributed by atoms with E-state index in [2.05, 4.69) is 21.4 Å². The van der Waals surface area contributed by atoms with E-state index in [9.17, 15) is 13.2 Å². The van der Waals surface area contributed by atoms with Gasteiger partial charge < -0.3 is 10.2 Å². The highest BCUT2D eigenvalue weighted by Crippen LogP contribution is 2.18. The number of hydrogen-bond acceptors (Lipinski definition) is 7. The van der Waals surface area contributed by atoms with Gasteiger partial charge in [0.25, 0.3) is 0 Å². The number of rotatable bonds is 7. The van der Waals surface area contributed by atoms with Gasteiger partial charge in [-0.2, -0.15) is 0 Å². The van der Waals surface area contributed by atoms with Crippen molar-refractivity contribution in [2.75, 3.05) is 17.7 Å². The molecule has 1 aromatic heterocycles. The molecule has 1 heterocycles. The Hall–Kier alpha value is -2.70. The maximum Gasteiger partial charge on any atom is 0.221 e. The standard InChI is InChI=1S/C16H15N3O4S2/c1-3-9-23-19-15(16-17-8-10-24-16)11-25(21,22)14-6-4-13(5-7-14)18-12(2)20/h1,4-8,10H,9,11H2,2H3,(H,18,20)/b19-15-. The van der Waals surface area contributed by atoms with Crippen LogP contribution in [0.3, 0.4) is 0 Å². The lowest BCUT2D eigenvalue weighted by Gasteiger charge is -2.07. The van der Waals surface area contributed by atoms with Gasteiger partial charge in [0.1, 0.15) is 16.5 Å². The molecule has 7 nitrogen and oxygen atoms in total. The van der Waals surface area contributed by atoms with Crippen LogP contribution in [0.15, 0.2) is 45.9 Å². The van der Waals surface area contributed by atoms with Crippen molar-refractivity contribution in [3.8, 4) is 12.3 Å². The van der Waals surface area contributed by atoms with Crippen molar-refractivity contribution >= 4 is 38.5 Å². The fraction of sp³-hybridized carbons (Fsp3) is 0.188. The predicted molar refractivity (Wildman–Crippen MR) is 96.2 cm³/mol. The Balaban J connectivity index is 2.23. The number of nitrogens with zero attached hydrogens (tertiary/aromatic N) is 2. The molecule has 130 valence electrons. The number of thiazole rings is 1. The summed E-state index contributed by atoms with van der Waals surface area (Å²) in [7, 11) is -3.68. The molecule has 0 saturated heterocycles. The normalized spacial score (nSPS) is 11.6. The summed E-state index contributed by atoms with van der Waals surface area (Å²) >= 11 is 1.25. The second kappa shape index (κ2) is 8.41. The van der Waals surface area contributed by atoms with Gasteiger partial charge in [-0.15, -0.1) is 17.8 Å². The lowest BCUT2D eigenvalue weighted by atomic mass is 10.3. The Morgan fingerprint density at radius 3 is 2.68 bits per heavy atom. The molecular formula is C16H15N3O4S2. The van der Waals surface area contributed by atoms with Crippen LogP contribution in [-0.2, 0) is 19.5 Å². The van der Waals surface area contributed by atoms with E-state index in [1.165, 1.54) is 42.5 Å². The number of nitrogens with one attached hydrogen (secondary N) is 1.